The van der Waals surface area contributed by atoms with E-state index in [1.807, 2.05) is 6.07 Å². The fourth-order valence-electron chi connectivity index (χ4n) is 3.47. The van der Waals surface area contributed by atoms with Crippen LogP contribution in [0.15, 0.2) is 83.7 Å². The van der Waals surface area contributed by atoms with Gasteiger partial charge in [-0.2, -0.15) is 5.26 Å². The number of hydrogen-bond donors (Lipinski definition) is 1. The predicted octanol–water partition coefficient (Wildman–Crippen LogP) is 2.96. The molecule has 0 aliphatic carbocycles. The molecule has 0 radical (unpaired) electrons. The standard InChI is InChI=1S/C26H18N4O5S/c1-35-22-13-6-5-12-21(22)28-24(31)20(16-27)26-29(18-9-3-2-4-10-18)25(32)23(36-26)15-17-8-7-11-19(14-17)30(33)34/h2-15H,1H3,(H,28,31)/b23-15+,26-20-. The van der Waals surface area contributed by atoms with Crippen molar-refractivity contribution >= 4 is 40.3 Å². The van der Waals surface area contributed by atoms with Crippen LogP contribution in [0, 0.1) is 21.4 Å². The molecule has 10 heteroatoms. The van der Waals surface area contributed by atoms with Crippen molar-refractivity contribution in [1.29, 1.82) is 5.26 Å². The fraction of sp³-hybridized carbons (Fsp3) is 0.0385. The highest BCUT2D eigenvalue weighted by molar-refractivity contribution is 7.07. The third-order valence-corrected chi connectivity index (χ3v) is 6.22. The van der Waals surface area contributed by atoms with E-state index >= 15 is 0 Å². The summed E-state index contributed by atoms with van der Waals surface area (Å²) in [5, 5.41) is 23.8. The molecule has 4 rings (SSSR count). The number of rotatable bonds is 6. The molecule has 178 valence electrons. The van der Waals surface area contributed by atoms with E-state index in [0.717, 1.165) is 11.3 Å². The summed E-state index contributed by atoms with van der Waals surface area (Å²) in [6.45, 7) is 0. The number of methoxy groups -OCH3 is 1. The normalized spacial score (nSPS) is 11.9. The molecule has 3 aromatic carbocycles. The molecule has 0 aliphatic heterocycles. The summed E-state index contributed by atoms with van der Waals surface area (Å²) < 4.78 is 6.87. The van der Waals surface area contributed by atoms with Crippen LogP contribution in [0.1, 0.15) is 5.56 Å². The van der Waals surface area contributed by atoms with Gasteiger partial charge in [0.1, 0.15) is 16.5 Å². The lowest BCUT2D eigenvalue weighted by Crippen LogP contribution is -2.32. The Morgan fingerprint density at radius 1 is 1.11 bits per heavy atom. The van der Waals surface area contributed by atoms with Gasteiger partial charge in [0.15, 0.2) is 5.57 Å². The number of nitro benzene ring substituents is 1. The predicted molar refractivity (Wildman–Crippen MR) is 136 cm³/mol. The minimum absolute atomic E-state index is 0.121. The van der Waals surface area contributed by atoms with Gasteiger partial charge in [0.05, 0.1) is 27.9 Å². The number of nitrogens with zero attached hydrogens (tertiary/aromatic N) is 3. The number of hydrogen-bond acceptors (Lipinski definition) is 7. The first-order valence-electron chi connectivity index (χ1n) is 10.5. The average Bonchev–Trinajstić information content (AvgIpc) is 3.20. The van der Waals surface area contributed by atoms with Crippen molar-refractivity contribution < 1.29 is 14.5 Å². The SMILES string of the molecule is COc1ccccc1NC(=O)/C(C#N)=c1\s/c(=C/c2cccc([N+](=O)[O-])c2)c(=O)n1-c1ccccc1. The van der Waals surface area contributed by atoms with Crippen molar-refractivity contribution in [3.8, 4) is 17.5 Å². The highest BCUT2D eigenvalue weighted by Gasteiger charge is 2.18. The Morgan fingerprint density at radius 3 is 2.53 bits per heavy atom. The smallest absolute Gasteiger partial charge is 0.273 e. The van der Waals surface area contributed by atoms with Crippen LogP contribution >= 0.6 is 11.3 Å². The zero-order valence-electron chi connectivity index (χ0n) is 18.9. The Labute approximate surface area is 208 Å². The van der Waals surface area contributed by atoms with Crippen LogP contribution < -0.4 is 24.8 Å². The van der Waals surface area contributed by atoms with Crippen molar-refractivity contribution in [2.75, 3.05) is 12.4 Å². The van der Waals surface area contributed by atoms with Crippen LogP contribution in [0.3, 0.4) is 0 Å². The van der Waals surface area contributed by atoms with E-state index in [0.29, 0.717) is 22.7 Å². The molecule has 0 fully saturated rings. The number of carbonyl (C=O) groups is 1. The third kappa shape index (κ3) is 4.91. The van der Waals surface area contributed by atoms with Crippen LogP contribution in [0.5, 0.6) is 5.75 Å². The van der Waals surface area contributed by atoms with Gasteiger partial charge in [-0.15, -0.1) is 11.3 Å². The maximum Gasteiger partial charge on any atom is 0.273 e. The van der Waals surface area contributed by atoms with Crippen molar-refractivity contribution in [3.05, 3.63) is 114 Å². The van der Waals surface area contributed by atoms with Crippen molar-refractivity contribution in [1.82, 2.24) is 4.57 Å². The van der Waals surface area contributed by atoms with Crippen molar-refractivity contribution in [2.24, 2.45) is 0 Å². The number of nitro groups is 1. The number of anilines is 1. The molecule has 1 heterocycles. The molecule has 1 amide bonds. The molecule has 0 bridgehead atoms. The number of para-hydroxylation sites is 3. The Morgan fingerprint density at radius 2 is 1.83 bits per heavy atom. The highest BCUT2D eigenvalue weighted by Crippen LogP contribution is 2.23. The molecule has 9 nitrogen and oxygen atoms in total. The van der Waals surface area contributed by atoms with Crippen LogP contribution in [-0.4, -0.2) is 22.5 Å². The second-order valence-corrected chi connectivity index (χ2v) is 8.42. The first-order valence-corrected chi connectivity index (χ1v) is 11.4. The second-order valence-electron chi connectivity index (χ2n) is 7.39. The summed E-state index contributed by atoms with van der Waals surface area (Å²) >= 11 is 0.945. The Balaban J connectivity index is 1.95. The Kier molecular flexibility index (Phi) is 7.04. The first-order chi connectivity index (χ1) is 17.4. The van der Waals surface area contributed by atoms with Crippen LogP contribution in [-0.2, 0) is 4.79 Å². The van der Waals surface area contributed by atoms with Gasteiger partial charge >= 0.3 is 0 Å². The van der Waals surface area contributed by atoms with Gasteiger partial charge in [0.25, 0.3) is 17.2 Å². The molecule has 0 atom stereocenters. The van der Waals surface area contributed by atoms with E-state index in [4.69, 9.17) is 4.74 Å². The Bertz CT molecular complexity index is 1680. The van der Waals surface area contributed by atoms with E-state index in [1.165, 1.54) is 36.0 Å². The molecule has 0 aliphatic rings. The molecule has 1 aromatic heterocycles. The maximum absolute atomic E-state index is 13.4. The summed E-state index contributed by atoms with van der Waals surface area (Å²) in [5.41, 5.74) is 0.406. The summed E-state index contributed by atoms with van der Waals surface area (Å²) in [5.74, 6) is -0.302. The van der Waals surface area contributed by atoms with Crippen LogP contribution in [0.2, 0.25) is 0 Å². The zero-order valence-corrected chi connectivity index (χ0v) is 19.7. The molecule has 0 saturated carbocycles. The summed E-state index contributed by atoms with van der Waals surface area (Å²) in [6.07, 6.45) is 1.50. The number of carbonyl (C=O) groups excluding carboxylic acids is 1. The van der Waals surface area contributed by atoms with E-state index in [1.54, 1.807) is 60.7 Å². The van der Waals surface area contributed by atoms with Gasteiger partial charge in [0, 0.05) is 12.1 Å². The molecule has 36 heavy (non-hydrogen) atoms. The van der Waals surface area contributed by atoms with Gasteiger partial charge in [-0.05, 0) is 35.9 Å². The molecular weight excluding hydrogens is 480 g/mol. The largest absolute Gasteiger partial charge is 0.495 e. The molecular formula is C26H18N4O5S. The minimum atomic E-state index is -0.713. The van der Waals surface area contributed by atoms with Gasteiger partial charge < -0.3 is 10.1 Å². The van der Waals surface area contributed by atoms with Gasteiger partial charge in [-0.1, -0.05) is 42.5 Å². The third-order valence-electron chi connectivity index (χ3n) is 5.12. The number of nitriles is 1. The van der Waals surface area contributed by atoms with Crippen LogP contribution in [0.25, 0.3) is 17.3 Å². The summed E-state index contributed by atoms with van der Waals surface area (Å²) in [4.78, 5) is 37.2. The molecule has 0 spiro atoms. The van der Waals surface area contributed by atoms with E-state index in [2.05, 4.69) is 5.32 Å². The summed E-state index contributed by atoms with van der Waals surface area (Å²) in [7, 11) is 1.46. The number of aromatic nitrogens is 1. The van der Waals surface area contributed by atoms with E-state index in [9.17, 15) is 25.0 Å². The molecule has 0 saturated heterocycles. The van der Waals surface area contributed by atoms with E-state index < -0.39 is 16.4 Å². The van der Waals surface area contributed by atoms with Crippen molar-refractivity contribution in [3.63, 3.8) is 0 Å². The molecule has 1 N–H and O–H groups in total. The maximum atomic E-state index is 13.4. The zero-order chi connectivity index (χ0) is 25.7. The lowest BCUT2D eigenvalue weighted by molar-refractivity contribution is -0.384. The number of thiazole rings is 1. The van der Waals surface area contributed by atoms with E-state index in [-0.39, 0.29) is 20.5 Å². The quantitative estimate of drug-likeness (QED) is 0.322. The number of benzene rings is 3. The lowest BCUT2D eigenvalue weighted by atomic mass is 10.2. The number of ether oxygens (including phenoxy) is 1. The van der Waals surface area contributed by atoms with Crippen molar-refractivity contribution in [2.45, 2.75) is 0 Å². The molecule has 0 unspecified atom stereocenters. The monoisotopic (exact) mass is 498 g/mol. The number of amides is 1. The lowest BCUT2D eigenvalue weighted by Gasteiger charge is -2.09. The first kappa shape index (κ1) is 24.1. The number of non-ortho nitro benzene ring substituents is 1. The number of nitrogens with one attached hydrogen (secondary N) is 1. The van der Waals surface area contributed by atoms with Gasteiger partial charge in [-0.3, -0.25) is 24.3 Å². The molecule has 4 aromatic rings. The topological polar surface area (TPSA) is 127 Å². The average molecular weight is 499 g/mol. The van der Waals surface area contributed by atoms with Crippen LogP contribution in [0.4, 0.5) is 11.4 Å². The minimum Gasteiger partial charge on any atom is -0.495 e. The Hall–Kier alpha value is -5.01. The van der Waals surface area contributed by atoms with Gasteiger partial charge in [0.2, 0.25) is 0 Å². The summed E-state index contributed by atoms with van der Waals surface area (Å²) in [6, 6.07) is 23.1. The fourth-order valence-corrected chi connectivity index (χ4v) is 4.57. The highest BCUT2D eigenvalue weighted by atomic mass is 32.1. The second kappa shape index (κ2) is 10.5. The van der Waals surface area contributed by atoms with Gasteiger partial charge in [-0.25, -0.2) is 0 Å².